The van der Waals surface area contributed by atoms with Gasteiger partial charge >= 0.3 is 64.9 Å². The number of hydrogen-bond acceptors (Lipinski definition) is 1. The van der Waals surface area contributed by atoms with Crippen LogP contribution in [0.25, 0.3) is 0 Å². The van der Waals surface area contributed by atoms with Gasteiger partial charge in [0.15, 0.2) is 0 Å². The Balaban J connectivity index is 3.87. The fraction of sp³-hybridized carbons (Fsp3) is 0.857. The topological polar surface area (TPSA) is 3.24 Å². The van der Waals surface area contributed by atoms with E-state index in [1.54, 1.807) is 0 Å². The third-order valence-corrected chi connectivity index (χ3v) is 1.49. The van der Waals surface area contributed by atoms with E-state index in [4.69, 9.17) is 0 Å². The van der Waals surface area contributed by atoms with Gasteiger partial charge in [-0.25, -0.2) is 0 Å². The molecule has 0 aromatic carbocycles. The maximum atomic E-state index is 3.60. The monoisotopic (exact) mass is 168 g/mol. The van der Waals surface area contributed by atoms with Crippen molar-refractivity contribution in [3.05, 3.63) is 0 Å². The zero-order chi connectivity index (χ0) is 7.44. The van der Waals surface area contributed by atoms with Crippen LogP contribution in [0, 0.1) is 4.85 Å². The van der Waals surface area contributed by atoms with Gasteiger partial charge in [-0.05, 0) is 0 Å². The van der Waals surface area contributed by atoms with E-state index in [0.717, 1.165) is 0 Å². The van der Waals surface area contributed by atoms with Crippen molar-refractivity contribution < 1.29 is 15.4 Å². The minimum atomic E-state index is 0.516. The molecule has 0 rings (SSSR count). The van der Waals surface area contributed by atoms with E-state index in [-0.39, 0.29) is 0 Å². The predicted octanol–water partition coefficient (Wildman–Crippen LogP) is 1.57. The molecule has 0 aliphatic carbocycles. The SMILES string of the molecule is CC(C)N([C]#[Fe+])C(C)C. The molecule has 0 aliphatic rings. The molecular formula is C7H14FeN+. The van der Waals surface area contributed by atoms with Gasteiger partial charge in [-0.3, -0.25) is 0 Å². The number of rotatable bonds is 2. The summed E-state index contributed by atoms with van der Waals surface area (Å²) in [6, 6.07) is 1.03. The normalized spacial score (nSPS) is 11.0. The zero-order valence-electron chi connectivity index (χ0n) is 6.46. The molecule has 0 aliphatic heterocycles. The van der Waals surface area contributed by atoms with Crippen LogP contribution < -0.4 is 0 Å². The van der Waals surface area contributed by atoms with Crippen molar-refractivity contribution in [3.8, 4) is 4.85 Å². The molecule has 0 aromatic heterocycles. The molecule has 0 aromatic rings. The molecule has 0 atom stereocenters. The summed E-state index contributed by atoms with van der Waals surface area (Å²) in [4.78, 5) is 4.98. The molecule has 0 fully saturated rings. The van der Waals surface area contributed by atoms with Gasteiger partial charge in [0.2, 0.25) is 0 Å². The molecule has 9 heavy (non-hydrogen) atoms. The van der Waals surface area contributed by atoms with Crippen LogP contribution in [-0.4, -0.2) is 17.0 Å². The molecule has 54 valence electrons. The Morgan fingerprint density at radius 2 is 1.44 bits per heavy atom. The summed E-state index contributed by atoms with van der Waals surface area (Å²) in [5.74, 6) is 0. The molecule has 0 saturated heterocycles. The second kappa shape index (κ2) is 4.14. The predicted molar refractivity (Wildman–Crippen MR) is 36.0 cm³/mol. The minimum absolute atomic E-state index is 0.516. The van der Waals surface area contributed by atoms with Gasteiger partial charge in [0.1, 0.15) is 0 Å². The molecule has 2 heteroatoms. The van der Waals surface area contributed by atoms with E-state index >= 15 is 0 Å². The average molecular weight is 168 g/mol. The first kappa shape index (κ1) is 9.26. The molecule has 0 spiro atoms. The van der Waals surface area contributed by atoms with Crippen molar-refractivity contribution in [1.82, 2.24) is 4.90 Å². The molecule has 0 unspecified atom stereocenters. The van der Waals surface area contributed by atoms with Crippen molar-refractivity contribution >= 4 is 0 Å². The second-order valence-electron chi connectivity index (χ2n) is 2.67. The summed E-state index contributed by atoms with van der Waals surface area (Å²) in [7, 11) is 0. The van der Waals surface area contributed by atoms with Gasteiger partial charge in [-0.15, -0.1) is 0 Å². The van der Waals surface area contributed by atoms with Crippen LogP contribution in [0.5, 0.6) is 0 Å². The maximum absolute atomic E-state index is 3.60. The summed E-state index contributed by atoms with van der Waals surface area (Å²) >= 11 is 3.60. The average Bonchev–Trinajstić information content (AvgIpc) is 1.64. The third kappa shape index (κ3) is 3.07. The Bertz CT molecular complexity index is 105. The standard InChI is InChI=1S/C7H14N.Fe/c1-6(2)8(5)7(3)4;/h6-7H,1-4H3;/q;+1. The Kier molecular flexibility index (Phi) is 4.25. The van der Waals surface area contributed by atoms with E-state index in [1.165, 1.54) is 0 Å². The van der Waals surface area contributed by atoms with Crippen molar-refractivity contribution in [2.75, 3.05) is 0 Å². The van der Waals surface area contributed by atoms with Crippen LogP contribution in [0.2, 0.25) is 0 Å². The molecule has 1 nitrogen and oxygen atoms in total. The zero-order valence-corrected chi connectivity index (χ0v) is 7.56. The molecule has 0 heterocycles. The van der Waals surface area contributed by atoms with E-state index in [1.807, 2.05) is 0 Å². The number of nitrogens with zero attached hydrogens (tertiary/aromatic N) is 1. The Hall–Kier alpha value is 0.259. The Morgan fingerprint density at radius 1 is 1.11 bits per heavy atom. The van der Waals surface area contributed by atoms with E-state index in [9.17, 15) is 0 Å². The second-order valence-corrected chi connectivity index (χ2v) is 2.92. The molecular weight excluding hydrogens is 154 g/mol. The van der Waals surface area contributed by atoms with E-state index in [0.29, 0.717) is 12.1 Å². The fourth-order valence-electron chi connectivity index (χ4n) is 0.779. The molecule has 0 saturated carbocycles. The summed E-state index contributed by atoms with van der Waals surface area (Å²) in [5.41, 5.74) is 0. The van der Waals surface area contributed by atoms with Crippen molar-refractivity contribution in [2.45, 2.75) is 39.8 Å². The summed E-state index contributed by atoms with van der Waals surface area (Å²) in [5, 5.41) is 0. The first-order valence-electron chi connectivity index (χ1n) is 3.23. The van der Waals surface area contributed by atoms with Crippen molar-refractivity contribution in [2.24, 2.45) is 0 Å². The molecule has 0 bridgehead atoms. The van der Waals surface area contributed by atoms with Crippen LogP contribution in [-0.2, 0) is 15.4 Å². The van der Waals surface area contributed by atoms with Gasteiger partial charge in [0.25, 0.3) is 0 Å². The van der Waals surface area contributed by atoms with Crippen LogP contribution in [0.15, 0.2) is 0 Å². The Labute approximate surface area is 65.4 Å². The van der Waals surface area contributed by atoms with Crippen molar-refractivity contribution in [3.63, 3.8) is 0 Å². The summed E-state index contributed by atoms with van der Waals surface area (Å²) in [6.45, 7) is 8.55. The summed E-state index contributed by atoms with van der Waals surface area (Å²) in [6.07, 6.45) is 0. The van der Waals surface area contributed by atoms with E-state index < -0.39 is 0 Å². The van der Waals surface area contributed by atoms with Gasteiger partial charge < -0.3 is 0 Å². The van der Waals surface area contributed by atoms with E-state index in [2.05, 4.69) is 52.8 Å². The van der Waals surface area contributed by atoms with Crippen LogP contribution >= 0.6 is 0 Å². The quantitative estimate of drug-likeness (QED) is 0.446. The molecule has 0 N–H and O–H groups in total. The fourth-order valence-corrected chi connectivity index (χ4v) is 1.35. The van der Waals surface area contributed by atoms with Gasteiger partial charge in [0, 0.05) is 0 Å². The first-order chi connectivity index (χ1) is 4.09. The van der Waals surface area contributed by atoms with Crippen molar-refractivity contribution in [1.29, 1.82) is 0 Å². The molecule has 0 amide bonds. The van der Waals surface area contributed by atoms with Crippen LogP contribution in [0.4, 0.5) is 0 Å². The van der Waals surface area contributed by atoms with Crippen LogP contribution in [0.1, 0.15) is 27.7 Å². The van der Waals surface area contributed by atoms with Crippen LogP contribution in [0.3, 0.4) is 0 Å². The molecule has 0 radical (unpaired) electrons. The first-order valence-corrected chi connectivity index (χ1v) is 3.78. The van der Waals surface area contributed by atoms with Gasteiger partial charge in [-0.2, -0.15) is 0 Å². The number of hydrogen-bond donors (Lipinski definition) is 0. The Morgan fingerprint density at radius 3 is 1.44 bits per heavy atom. The summed E-state index contributed by atoms with van der Waals surface area (Å²) < 4.78 is 0. The third-order valence-electron chi connectivity index (χ3n) is 1.20. The van der Waals surface area contributed by atoms with Gasteiger partial charge in [0.05, 0.1) is 0 Å². The van der Waals surface area contributed by atoms with Gasteiger partial charge in [-0.1, -0.05) is 0 Å².